The van der Waals surface area contributed by atoms with E-state index in [9.17, 15) is 0 Å². The highest BCUT2D eigenvalue weighted by molar-refractivity contribution is 4.89. The van der Waals surface area contributed by atoms with Crippen molar-refractivity contribution in [2.24, 2.45) is 5.73 Å². The van der Waals surface area contributed by atoms with E-state index in [0.717, 1.165) is 19.3 Å². The van der Waals surface area contributed by atoms with Crippen molar-refractivity contribution in [1.82, 2.24) is 0 Å². The monoisotopic (exact) mass is 171 g/mol. The highest BCUT2D eigenvalue weighted by atomic mass is 16.7. The minimum Gasteiger partial charge on any atom is -0.345 e. The van der Waals surface area contributed by atoms with Gasteiger partial charge in [-0.05, 0) is 33.1 Å². The van der Waals surface area contributed by atoms with E-state index in [1.54, 1.807) is 0 Å². The maximum atomic E-state index is 5.84. The molecule has 2 N–H and O–H groups in total. The summed E-state index contributed by atoms with van der Waals surface area (Å²) in [6.45, 7) is 3.94. The minimum absolute atomic E-state index is 0.240. The van der Waals surface area contributed by atoms with Crippen LogP contribution in [0.5, 0.6) is 0 Å². The molecule has 1 aliphatic heterocycles. The molecule has 1 saturated carbocycles. The number of hydrogen-bond acceptors (Lipinski definition) is 3. The van der Waals surface area contributed by atoms with Crippen LogP contribution in [0.1, 0.15) is 33.1 Å². The van der Waals surface area contributed by atoms with Gasteiger partial charge in [0.05, 0.1) is 12.2 Å². The van der Waals surface area contributed by atoms with Gasteiger partial charge < -0.3 is 15.2 Å². The molecule has 0 spiro atoms. The molecule has 70 valence electrons. The van der Waals surface area contributed by atoms with E-state index in [2.05, 4.69) is 0 Å². The fourth-order valence-corrected chi connectivity index (χ4v) is 2.15. The third-order valence-electron chi connectivity index (χ3n) is 2.64. The molecule has 0 amide bonds. The van der Waals surface area contributed by atoms with Gasteiger partial charge in [-0.25, -0.2) is 0 Å². The van der Waals surface area contributed by atoms with Crippen LogP contribution in [0.4, 0.5) is 0 Å². The largest absolute Gasteiger partial charge is 0.345 e. The Labute approximate surface area is 73.2 Å². The molecule has 0 bridgehead atoms. The number of hydrogen-bond donors (Lipinski definition) is 1. The lowest BCUT2D eigenvalue weighted by molar-refractivity contribution is -0.145. The molecular formula is C9H17NO2. The van der Waals surface area contributed by atoms with Crippen LogP contribution in [0.3, 0.4) is 0 Å². The van der Waals surface area contributed by atoms with Crippen LogP contribution in [-0.4, -0.2) is 24.0 Å². The first kappa shape index (κ1) is 8.48. The van der Waals surface area contributed by atoms with Crippen molar-refractivity contribution in [3.8, 4) is 0 Å². The lowest BCUT2D eigenvalue weighted by atomic mass is 9.91. The molecule has 0 aromatic rings. The summed E-state index contributed by atoms with van der Waals surface area (Å²) >= 11 is 0. The molecule has 12 heavy (non-hydrogen) atoms. The second-order valence-corrected chi connectivity index (χ2v) is 4.29. The predicted octanol–water partition coefficient (Wildman–Crippen LogP) is 1.02. The van der Waals surface area contributed by atoms with Gasteiger partial charge in [0.15, 0.2) is 5.79 Å². The third-order valence-corrected chi connectivity index (χ3v) is 2.64. The summed E-state index contributed by atoms with van der Waals surface area (Å²) in [5, 5.41) is 0. The highest BCUT2D eigenvalue weighted by Gasteiger charge is 2.43. The molecule has 2 rings (SSSR count). The Morgan fingerprint density at radius 1 is 1.17 bits per heavy atom. The zero-order valence-corrected chi connectivity index (χ0v) is 7.75. The SMILES string of the molecule is CC1(C)OC2CCC(N)CC2O1. The van der Waals surface area contributed by atoms with Crippen LogP contribution in [-0.2, 0) is 9.47 Å². The van der Waals surface area contributed by atoms with Crippen LogP contribution in [0.25, 0.3) is 0 Å². The predicted molar refractivity (Wildman–Crippen MR) is 45.7 cm³/mol. The Bertz CT molecular complexity index is 181. The van der Waals surface area contributed by atoms with Crippen molar-refractivity contribution >= 4 is 0 Å². The van der Waals surface area contributed by atoms with E-state index in [4.69, 9.17) is 15.2 Å². The van der Waals surface area contributed by atoms with E-state index in [1.807, 2.05) is 13.8 Å². The van der Waals surface area contributed by atoms with E-state index in [-0.39, 0.29) is 11.9 Å². The molecule has 3 atom stereocenters. The molecule has 0 aromatic carbocycles. The summed E-state index contributed by atoms with van der Waals surface area (Å²) in [5.41, 5.74) is 5.84. The highest BCUT2D eigenvalue weighted by Crippen LogP contribution is 2.35. The first-order valence-corrected chi connectivity index (χ1v) is 4.68. The Balaban J connectivity index is 2.02. The zero-order valence-electron chi connectivity index (χ0n) is 7.75. The lowest BCUT2D eigenvalue weighted by Gasteiger charge is -2.26. The average Bonchev–Trinajstić information content (AvgIpc) is 2.21. The van der Waals surface area contributed by atoms with Gasteiger partial charge >= 0.3 is 0 Å². The van der Waals surface area contributed by atoms with E-state index < -0.39 is 0 Å². The number of fused-ring (bicyclic) bond motifs is 1. The average molecular weight is 171 g/mol. The molecule has 1 heterocycles. The lowest BCUT2D eigenvalue weighted by Crippen LogP contribution is -2.37. The molecule has 0 radical (unpaired) electrons. The van der Waals surface area contributed by atoms with Crippen molar-refractivity contribution in [3.05, 3.63) is 0 Å². The topological polar surface area (TPSA) is 44.5 Å². The summed E-state index contributed by atoms with van der Waals surface area (Å²) in [6.07, 6.45) is 3.60. The van der Waals surface area contributed by atoms with Gasteiger partial charge in [0.2, 0.25) is 0 Å². The van der Waals surface area contributed by atoms with Gasteiger partial charge in [-0.15, -0.1) is 0 Å². The smallest absolute Gasteiger partial charge is 0.163 e. The van der Waals surface area contributed by atoms with Crippen LogP contribution in [0.15, 0.2) is 0 Å². The third kappa shape index (κ3) is 1.49. The molecule has 1 saturated heterocycles. The number of rotatable bonds is 0. The number of ether oxygens (including phenoxy) is 2. The normalized spacial score (nSPS) is 45.8. The zero-order chi connectivity index (χ0) is 8.77. The van der Waals surface area contributed by atoms with E-state index >= 15 is 0 Å². The van der Waals surface area contributed by atoms with Crippen molar-refractivity contribution in [1.29, 1.82) is 0 Å². The first-order chi connectivity index (χ1) is 5.57. The second kappa shape index (κ2) is 2.69. The molecule has 2 fully saturated rings. The van der Waals surface area contributed by atoms with Crippen LogP contribution in [0, 0.1) is 0 Å². The summed E-state index contributed by atoms with van der Waals surface area (Å²) in [7, 11) is 0. The minimum atomic E-state index is -0.389. The fourth-order valence-electron chi connectivity index (χ4n) is 2.15. The second-order valence-electron chi connectivity index (χ2n) is 4.29. The van der Waals surface area contributed by atoms with Crippen LogP contribution < -0.4 is 5.73 Å². The van der Waals surface area contributed by atoms with Crippen LogP contribution >= 0.6 is 0 Å². The Kier molecular flexibility index (Phi) is 1.90. The first-order valence-electron chi connectivity index (χ1n) is 4.68. The quantitative estimate of drug-likeness (QED) is 0.591. The maximum Gasteiger partial charge on any atom is 0.163 e. The summed E-state index contributed by atoms with van der Waals surface area (Å²) < 4.78 is 11.4. The molecule has 3 heteroatoms. The van der Waals surface area contributed by atoms with E-state index in [1.165, 1.54) is 0 Å². The molecule has 3 unspecified atom stereocenters. The van der Waals surface area contributed by atoms with Crippen LogP contribution in [0.2, 0.25) is 0 Å². The number of nitrogens with two attached hydrogens (primary N) is 1. The standard InChI is InChI=1S/C9H17NO2/c1-9(2)11-7-4-3-6(10)5-8(7)12-9/h6-8H,3-5,10H2,1-2H3. The maximum absolute atomic E-state index is 5.84. The summed E-state index contributed by atoms with van der Waals surface area (Å²) in [6, 6.07) is 0.309. The summed E-state index contributed by atoms with van der Waals surface area (Å²) in [5.74, 6) is -0.389. The van der Waals surface area contributed by atoms with Crippen molar-refractivity contribution in [2.45, 2.75) is 57.1 Å². The fraction of sp³-hybridized carbons (Fsp3) is 1.00. The van der Waals surface area contributed by atoms with Gasteiger partial charge in [-0.2, -0.15) is 0 Å². The molecular weight excluding hydrogens is 154 g/mol. The van der Waals surface area contributed by atoms with Crippen molar-refractivity contribution < 1.29 is 9.47 Å². The molecule has 3 nitrogen and oxygen atoms in total. The summed E-state index contributed by atoms with van der Waals surface area (Å²) in [4.78, 5) is 0. The van der Waals surface area contributed by atoms with Gasteiger partial charge in [0, 0.05) is 6.04 Å². The van der Waals surface area contributed by atoms with Gasteiger partial charge in [-0.1, -0.05) is 0 Å². The van der Waals surface area contributed by atoms with Gasteiger partial charge in [0.1, 0.15) is 0 Å². The Morgan fingerprint density at radius 2 is 1.83 bits per heavy atom. The van der Waals surface area contributed by atoms with Crippen molar-refractivity contribution in [3.63, 3.8) is 0 Å². The molecule has 1 aliphatic carbocycles. The van der Waals surface area contributed by atoms with Crippen molar-refractivity contribution in [2.75, 3.05) is 0 Å². The molecule has 0 aromatic heterocycles. The Morgan fingerprint density at radius 3 is 2.58 bits per heavy atom. The molecule has 2 aliphatic rings. The van der Waals surface area contributed by atoms with Gasteiger partial charge in [-0.3, -0.25) is 0 Å². The Hall–Kier alpha value is -0.120. The van der Waals surface area contributed by atoms with E-state index in [0.29, 0.717) is 12.1 Å². The van der Waals surface area contributed by atoms with Gasteiger partial charge in [0.25, 0.3) is 0 Å².